The first-order chi connectivity index (χ1) is 9.60. The minimum Gasteiger partial charge on any atom is -0.504 e. The highest BCUT2D eigenvalue weighted by atomic mass is 16.5. The van der Waals surface area contributed by atoms with Crippen molar-refractivity contribution in [2.24, 2.45) is 0 Å². The summed E-state index contributed by atoms with van der Waals surface area (Å²) in [5, 5.41) is 12.2. The average Bonchev–Trinajstić information content (AvgIpc) is 2.83. The van der Waals surface area contributed by atoms with E-state index in [4.69, 9.17) is 4.74 Å². The van der Waals surface area contributed by atoms with E-state index in [0.717, 1.165) is 12.0 Å². The number of phenolic OH excluding ortho intramolecular Hbond substituents is 1. The Bertz CT molecular complexity index is 516. The highest BCUT2D eigenvalue weighted by Crippen LogP contribution is 2.26. The number of hydrogen-bond donors (Lipinski definition) is 2. The summed E-state index contributed by atoms with van der Waals surface area (Å²) in [6, 6.07) is 4.89. The Hall–Kier alpha value is -2.24. The van der Waals surface area contributed by atoms with Crippen LogP contribution >= 0.6 is 0 Å². The summed E-state index contributed by atoms with van der Waals surface area (Å²) in [4.78, 5) is 24.7. The quantitative estimate of drug-likeness (QED) is 0.828. The van der Waals surface area contributed by atoms with Gasteiger partial charge in [-0.15, -0.1) is 0 Å². The van der Waals surface area contributed by atoms with Crippen LogP contribution < -0.4 is 10.1 Å². The van der Waals surface area contributed by atoms with Gasteiger partial charge < -0.3 is 20.1 Å². The maximum atomic E-state index is 11.8. The van der Waals surface area contributed by atoms with Gasteiger partial charge in [-0.05, 0) is 24.1 Å². The lowest BCUT2D eigenvalue weighted by Crippen LogP contribution is -2.37. The number of methoxy groups -OCH3 is 1. The molecule has 2 N–H and O–H groups in total. The van der Waals surface area contributed by atoms with Gasteiger partial charge in [0, 0.05) is 19.5 Å². The van der Waals surface area contributed by atoms with Crippen molar-refractivity contribution in [3.05, 3.63) is 23.8 Å². The van der Waals surface area contributed by atoms with Gasteiger partial charge in [0.15, 0.2) is 11.5 Å². The molecule has 6 nitrogen and oxygen atoms in total. The lowest BCUT2D eigenvalue weighted by Gasteiger charge is -2.15. The Morgan fingerprint density at radius 1 is 1.50 bits per heavy atom. The molecule has 1 fully saturated rings. The summed E-state index contributed by atoms with van der Waals surface area (Å²) in [5.41, 5.74) is 0.820. The second kappa shape index (κ2) is 6.27. The Morgan fingerprint density at radius 3 is 2.95 bits per heavy atom. The highest BCUT2D eigenvalue weighted by Gasteiger charge is 2.22. The van der Waals surface area contributed by atoms with E-state index in [1.165, 1.54) is 13.2 Å². The summed E-state index contributed by atoms with van der Waals surface area (Å²) in [7, 11) is 1.47. The fourth-order valence-corrected chi connectivity index (χ4v) is 2.13. The molecule has 0 atom stereocenters. The first-order valence-electron chi connectivity index (χ1n) is 6.50. The predicted molar refractivity (Wildman–Crippen MR) is 72.3 cm³/mol. The molecule has 0 radical (unpaired) electrons. The van der Waals surface area contributed by atoms with Gasteiger partial charge >= 0.3 is 0 Å². The van der Waals surface area contributed by atoms with Gasteiger partial charge in [0.25, 0.3) is 0 Å². The van der Waals surface area contributed by atoms with Crippen LogP contribution in [0.2, 0.25) is 0 Å². The largest absolute Gasteiger partial charge is 0.504 e. The Morgan fingerprint density at radius 2 is 2.30 bits per heavy atom. The zero-order valence-electron chi connectivity index (χ0n) is 11.4. The SMILES string of the molecule is COc1cc(CNC(=O)CN2CCCC2=O)ccc1O. The Balaban J connectivity index is 1.85. The zero-order valence-corrected chi connectivity index (χ0v) is 11.4. The molecule has 20 heavy (non-hydrogen) atoms. The van der Waals surface area contributed by atoms with Crippen LogP contribution in [0.25, 0.3) is 0 Å². The van der Waals surface area contributed by atoms with E-state index in [1.54, 1.807) is 17.0 Å². The summed E-state index contributed by atoms with van der Waals surface area (Å²) in [5.74, 6) is 0.274. The molecule has 1 aromatic carbocycles. The van der Waals surface area contributed by atoms with Gasteiger partial charge in [0.2, 0.25) is 11.8 Å². The van der Waals surface area contributed by atoms with E-state index in [2.05, 4.69) is 5.32 Å². The average molecular weight is 278 g/mol. The van der Waals surface area contributed by atoms with Gasteiger partial charge in [-0.3, -0.25) is 9.59 Å². The maximum absolute atomic E-state index is 11.8. The third-order valence-corrected chi connectivity index (χ3v) is 3.24. The van der Waals surface area contributed by atoms with Crippen LogP contribution in [0.15, 0.2) is 18.2 Å². The van der Waals surface area contributed by atoms with Gasteiger partial charge in [-0.1, -0.05) is 6.07 Å². The Labute approximate surface area is 117 Å². The molecule has 0 saturated carbocycles. The molecule has 2 rings (SSSR count). The van der Waals surface area contributed by atoms with Crippen molar-refractivity contribution >= 4 is 11.8 Å². The highest BCUT2D eigenvalue weighted by molar-refractivity contribution is 5.85. The van der Waals surface area contributed by atoms with E-state index in [-0.39, 0.29) is 24.1 Å². The fourth-order valence-electron chi connectivity index (χ4n) is 2.13. The lowest BCUT2D eigenvalue weighted by molar-refractivity contribution is -0.133. The second-order valence-corrected chi connectivity index (χ2v) is 4.70. The predicted octanol–water partition coefficient (Wildman–Crippen LogP) is 0.639. The van der Waals surface area contributed by atoms with E-state index in [1.807, 2.05) is 0 Å². The minimum absolute atomic E-state index is 0.0338. The fraction of sp³-hybridized carbons (Fsp3) is 0.429. The molecule has 2 amide bonds. The van der Waals surface area contributed by atoms with Crippen molar-refractivity contribution in [3.63, 3.8) is 0 Å². The normalized spacial score (nSPS) is 14.4. The van der Waals surface area contributed by atoms with Crippen LogP contribution in [-0.2, 0) is 16.1 Å². The first-order valence-corrected chi connectivity index (χ1v) is 6.50. The molecular formula is C14H18N2O4. The van der Waals surface area contributed by atoms with Crippen LogP contribution in [0.1, 0.15) is 18.4 Å². The lowest BCUT2D eigenvalue weighted by atomic mass is 10.2. The number of rotatable bonds is 5. The molecule has 1 heterocycles. The van der Waals surface area contributed by atoms with Crippen LogP contribution in [0.3, 0.4) is 0 Å². The number of benzene rings is 1. The van der Waals surface area contributed by atoms with Crippen molar-refractivity contribution in [2.75, 3.05) is 20.2 Å². The summed E-state index contributed by atoms with van der Waals surface area (Å²) < 4.78 is 5.00. The van der Waals surface area contributed by atoms with E-state index in [0.29, 0.717) is 25.3 Å². The standard InChI is InChI=1S/C14H18N2O4/c1-20-12-7-10(4-5-11(12)17)8-15-13(18)9-16-6-2-3-14(16)19/h4-5,7,17H,2-3,6,8-9H2,1H3,(H,15,18). The molecule has 108 valence electrons. The van der Waals surface area contributed by atoms with Crippen LogP contribution in [0, 0.1) is 0 Å². The van der Waals surface area contributed by atoms with Crippen LogP contribution in [0.5, 0.6) is 11.5 Å². The smallest absolute Gasteiger partial charge is 0.239 e. The van der Waals surface area contributed by atoms with Crippen molar-refractivity contribution in [3.8, 4) is 11.5 Å². The molecule has 1 aromatic rings. The molecule has 0 spiro atoms. The number of ether oxygens (including phenoxy) is 1. The third kappa shape index (κ3) is 3.40. The number of phenols is 1. The number of likely N-dealkylation sites (tertiary alicyclic amines) is 1. The number of hydrogen-bond acceptors (Lipinski definition) is 4. The monoisotopic (exact) mass is 278 g/mol. The van der Waals surface area contributed by atoms with Gasteiger partial charge in [-0.25, -0.2) is 0 Å². The molecule has 1 saturated heterocycles. The molecule has 0 aromatic heterocycles. The number of nitrogens with one attached hydrogen (secondary N) is 1. The minimum atomic E-state index is -0.188. The van der Waals surface area contributed by atoms with Gasteiger partial charge in [0.1, 0.15) is 0 Å². The molecule has 1 aliphatic rings. The molecule has 6 heteroatoms. The van der Waals surface area contributed by atoms with Crippen molar-refractivity contribution in [1.29, 1.82) is 0 Å². The zero-order chi connectivity index (χ0) is 14.5. The molecule has 0 aliphatic carbocycles. The van der Waals surface area contributed by atoms with E-state index in [9.17, 15) is 14.7 Å². The number of amides is 2. The number of aromatic hydroxyl groups is 1. The van der Waals surface area contributed by atoms with Crippen molar-refractivity contribution < 1.29 is 19.4 Å². The van der Waals surface area contributed by atoms with E-state index < -0.39 is 0 Å². The van der Waals surface area contributed by atoms with Crippen molar-refractivity contribution in [1.82, 2.24) is 10.2 Å². The number of nitrogens with zero attached hydrogens (tertiary/aromatic N) is 1. The molecular weight excluding hydrogens is 260 g/mol. The summed E-state index contributed by atoms with van der Waals surface area (Å²) in [6.45, 7) is 1.09. The van der Waals surface area contributed by atoms with Crippen molar-refractivity contribution in [2.45, 2.75) is 19.4 Å². The molecule has 1 aliphatic heterocycles. The Kier molecular flexibility index (Phi) is 4.45. The maximum Gasteiger partial charge on any atom is 0.239 e. The summed E-state index contributed by atoms with van der Waals surface area (Å²) >= 11 is 0. The molecule has 0 unspecified atom stereocenters. The number of carbonyl (C=O) groups excluding carboxylic acids is 2. The number of carbonyl (C=O) groups is 2. The third-order valence-electron chi connectivity index (χ3n) is 3.24. The van der Waals surface area contributed by atoms with Crippen LogP contribution in [-0.4, -0.2) is 42.0 Å². The molecule has 0 bridgehead atoms. The first kappa shape index (κ1) is 14.2. The van der Waals surface area contributed by atoms with Gasteiger partial charge in [0.05, 0.1) is 13.7 Å². The van der Waals surface area contributed by atoms with E-state index >= 15 is 0 Å². The van der Waals surface area contributed by atoms with Gasteiger partial charge in [-0.2, -0.15) is 0 Å². The summed E-state index contributed by atoms with van der Waals surface area (Å²) in [6.07, 6.45) is 1.35. The topological polar surface area (TPSA) is 78.9 Å². The second-order valence-electron chi connectivity index (χ2n) is 4.70. The van der Waals surface area contributed by atoms with Crippen LogP contribution in [0.4, 0.5) is 0 Å².